The summed E-state index contributed by atoms with van der Waals surface area (Å²) in [4.78, 5) is 12.8. The Morgan fingerprint density at radius 2 is 1.77 bits per heavy atom. The SMILES string of the molecule is Cc1c(Cl)cccc1-n1nc(C)c2c(C(F)(F)F)cc(=O)n(Cc3ccccc3F)c21. The topological polar surface area (TPSA) is 39.8 Å². The van der Waals surface area contributed by atoms with Crippen molar-refractivity contribution >= 4 is 22.6 Å². The van der Waals surface area contributed by atoms with Gasteiger partial charge < -0.3 is 0 Å². The Morgan fingerprint density at radius 3 is 2.45 bits per heavy atom. The Morgan fingerprint density at radius 1 is 1.06 bits per heavy atom. The summed E-state index contributed by atoms with van der Waals surface area (Å²) in [5.41, 5.74) is -0.819. The molecule has 0 spiro atoms. The summed E-state index contributed by atoms with van der Waals surface area (Å²) < 4.78 is 58.0. The average Bonchev–Trinajstić information content (AvgIpc) is 3.03. The number of rotatable bonds is 3. The van der Waals surface area contributed by atoms with Crippen molar-refractivity contribution in [2.45, 2.75) is 26.6 Å². The van der Waals surface area contributed by atoms with Crippen LogP contribution in [0.2, 0.25) is 5.02 Å². The third-order valence-corrected chi connectivity index (χ3v) is 5.56. The van der Waals surface area contributed by atoms with Crippen molar-refractivity contribution in [3.8, 4) is 5.69 Å². The standard InChI is InChI=1S/C22H16ClF4N3O/c1-12-16(23)7-5-9-18(12)30-21-20(13(2)28-30)15(22(25,26)27)10-19(31)29(21)11-14-6-3-4-8-17(14)24/h3-10H,11H2,1-2H3. The van der Waals surface area contributed by atoms with Crippen LogP contribution in [0.25, 0.3) is 16.7 Å². The zero-order valence-electron chi connectivity index (χ0n) is 16.5. The van der Waals surface area contributed by atoms with Crippen molar-refractivity contribution in [3.63, 3.8) is 0 Å². The smallest absolute Gasteiger partial charge is 0.288 e. The van der Waals surface area contributed by atoms with E-state index in [0.29, 0.717) is 22.3 Å². The lowest BCUT2D eigenvalue weighted by atomic mass is 10.1. The van der Waals surface area contributed by atoms with Crippen LogP contribution in [0.1, 0.15) is 22.4 Å². The first-order valence-corrected chi connectivity index (χ1v) is 9.66. The van der Waals surface area contributed by atoms with Crippen molar-refractivity contribution < 1.29 is 17.6 Å². The van der Waals surface area contributed by atoms with Gasteiger partial charge in [-0.1, -0.05) is 35.9 Å². The van der Waals surface area contributed by atoms with Crippen LogP contribution in [0, 0.1) is 19.7 Å². The second-order valence-electron chi connectivity index (χ2n) is 7.15. The molecule has 4 rings (SSSR count). The Labute approximate surface area is 179 Å². The Kier molecular flexibility index (Phi) is 5.13. The van der Waals surface area contributed by atoms with Gasteiger partial charge >= 0.3 is 6.18 Å². The quantitative estimate of drug-likeness (QED) is 0.378. The minimum absolute atomic E-state index is 0.0778. The lowest BCUT2D eigenvalue weighted by Crippen LogP contribution is -2.25. The highest BCUT2D eigenvalue weighted by atomic mass is 35.5. The first-order valence-electron chi connectivity index (χ1n) is 9.29. The third kappa shape index (κ3) is 3.61. The molecule has 0 aliphatic carbocycles. The molecule has 0 fully saturated rings. The highest BCUT2D eigenvalue weighted by molar-refractivity contribution is 6.31. The van der Waals surface area contributed by atoms with Gasteiger partial charge in [0.2, 0.25) is 0 Å². The fourth-order valence-electron chi connectivity index (χ4n) is 3.62. The monoisotopic (exact) mass is 449 g/mol. The number of aromatic nitrogens is 3. The number of nitrogens with zero attached hydrogens (tertiary/aromatic N) is 3. The van der Waals surface area contributed by atoms with E-state index in [2.05, 4.69) is 5.10 Å². The molecule has 0 amide bonds. The number of pyridine rings is 1. The van der Waals surface area contributed by atoms with Crippen LogP contribution in [0.5, 0.6) is 0 Å². The van der Waals surface area contributed by atoms with E-state index in [1.54, 1.807) is 31.2 Å². The molecule has 0 aliphatic rings. The van der Waals surface area contributed by atoms with E-state index in [1.807, 2.05) is 0 Å². The van der Waals surface area contributed by atoms with E-state index < -0.39 is 23.1 Å². The predicted octanol–water partition coefficient (Wildman–Crippen LogP) is 5.66. The summed E-state index contributed by atoms with van der Waals surface area (Å²) >= 11 is 6.21. The summed E-state index contributed by atoms with van der Waals surface area (Å²) in [6.07, 6.45) is -4.77. The fourth-order valence-corrected chi connectivity index (χ4v) is 3.79. The highest BCUT2D eigenvalue weighted by Crippen LogP contribution is 2.36. The zero-order chi connectivity index (χ0) is 22.5. The van der Waals surface area contributed by atoms with Crippen LogP contribution in [0.15, 0.2) is 53.3 Å². The van der Waals surface area contributed by atoms with Gasteiger partial charge in [-0.25, -0.2) is 9.07 Å². The number of hydrogen-bond acceptors (Lipinski definition) is 2. The van der Waals surface area contributed by atoms with Gasteiger partial charge in [-0.2, -0.15) is 18.3 Å². The van der Waals surface area contributed by atoms with E-state index in [4.69, 9.17) is 11.6 Å². The molecule has 0 radical (unpaired) electrons. The number of hydrogen-bond donors (Lipinski definition) is 0. The van der Waals surface area contributed by atoms with Gasteiger partial charge in [0.1, 0.15) is 11.5 Å². The molecule has 2 aromatic heterocycles. The number of fused-ring (bicyclic) bond motifs is 1. The maximum Gasteiger partial charge on any atom is 0.417 e. The molecule has 0 bridgehead atoms. The van der Waals surface area contributed by atoms with E-state index >= 15 is 0 Å². The summed E-state index contributed by atoms with van der Waals surface area (Å²) in [7, 11) is 0. The summed E-state index contributed by atoms with van der Waals surface area (Å²) in [6.45, 7) is 2.88. The highest BCUT2D eigenvalue weighted by Gasteiger charge is 2.36. The van der Waals surface area contributed by atoms with Crippen LogP contribution in [0.3, 0.4) is 0 Å². The molecule has 0 unspecified atom stereocenters. The molecule has 0 saturated heterocycles. The molecule has 0 N–H and O–H groups in total. The van der Waals surface area contributed by atoms with Crippen LogP contribution >= 0.6 is 11.6 Å². The molecule has 2 aromatic carbocycles. The number of alkyl halides is 3. The first-order chi connectivity index (χ1) is 14.6. The number of aryl methyl sites for hydroxylation is 1. The van der Waals surface area contributed by atoms with Crippen LogP contribution in [0.4, 0.5) is 17.6 Å². The van der Waals surface area contributed by atoms with E-state index in [0.717, 1.165) is 4.57 Å². The van der Waals surface area contributed by atoms with Crippen LogP contribution in [-0.2, 0) is 12.7 Å². The normalized spacial score (nSPS) is 12.0. The molecule has 9 heteroatoms. The average molecular weight is 450 g/mol. The van der Waals surface area contributed by atoms with Gasteiger partial charge in [0, 0.05) is 16.7 Å². The van der Waals surface area contributed by atoms with Gasteiger partial charge in [-0.3, -0.25) is 9.36 Å². The van der Waals surface area contributed by atoms with E-state index in [-0.39, 0.29) is 28.8 Å². The Bertz CT molecular complexity index is 1370. The summed E-state index contributed by atoms with van der Waals surface area (Å²) in [5.74, 6) is -0.566. The third-order valence-electron chi connectivity index (χ3n) is 5.15. The maximum absolute atomic E-state index is 14.3. The van der Waals surface area contributed by atoms with Gasteiger partial charge in [-0.05, 0) is 37.6 Å². The molecular weight excluding hydrogens is 434 g/mol. The van der Waals surface area contributed by atoms with Gasteiger partial charge in [-0.15, -0.1) is 0 Å². The molecule has 0 saturated carbocycles. The molecule has 0 atom stereocenters. The van der Waals surface area contributed by atoms with Gasteiger partial charge in [0.05, 0.1) is 28.9 Å². The first kappa shape index (κ1) is 21.1. The minimum atomic E-state index is -4.77. The van der Waals surface area contributed by atoms with Crippen molar-refractivity contribution in [1.29, 1.82) is 0 Å². The second kappa shape index (κ2) is 7.53. The van der Waals surface area contributed by atoms with Gasteiger partial charge in [0.15, 0.2) is 0 Å². The largest absolute Gasteiger partial charge is 0.417 e. The predicted molar refractivity (Wildman–Crippen MR) is 110 cm³/mol. The van der Waals surface area contributed by atoms with E-state index in [9.17, 15) is 22.4 Å². The molecule has 4 nitrogen and oxygen atoms in total. The zero-order valence-corrected chi connectivity index (χ0v) is 17.2. The molecule has 0 aliphatic heterocycles. The summed E-state index contributed by atoms with van der Waals surface area (Å²) in [5, 5.41) is 4.48. The number of benzene rings is 2. The fraction of sp³-hybridized carbons (Fsp3) is 0.182. The van der Waals surface area contributed by atoms with Crippen molar-refractivity contribution in [3.05, 3.63) is 92.1 Å². The van der Waals surface area contributed by atoms with Crippen molar-refractivity contribution in [1.82, 2.24) is 14.3 Å². The lowest BCUT2D eigenvalue weighted by Gasteiger charge is -2.16. The molecule has 160 valence electrons. The van der Waals surface area contributed by atoms with Crippen molar-refractivity contribution in [2.75, 3.05) is 0 Å². The maximum atomic E-state index is 14.3. The minimum Gasteiger partial charge on any atom is -0.288 e. The second-order valence-corrected chi connectivity index (χ2v) is 7.56. The van der Waals surface area contributed by atoms with Gasteiger partial charge in [0.25, 0.3) is 5.56 Å². The van der Waals surface area contributed by atoms with Crippen LogP contribution < -0.4 is 5.56 Å². The van der Waals surface area contributed by atoms with Crippen molar-refractivity contribution in [2.24, 2.45) is 0 Å². The molecule has 2 heterocycles. The summed E-state index contributed by atoms with van der Waals surface area (Å²) in [6, 6.07) is 11.3. The molecule has 4 aromatic rings. The number of halogens is 5. The Hall–Kier alpha value is -3.13. The Balaban J connectivity index is 2.13. The molecular formula is C22H16ClF4N3O. The van der Waals surface area contributed by atoms with Crippen LogP contribution in [-0.4, -0.2) is 14.3 Å². The lowest BCUT2D eigenvalue weighted by molar-refractivity contribution is -0.136. The van der Waals surface area contributed by atoms with E-state index in [1.165, 1.54) is 29.8 Å². The molecule has 31 heavy (non-hydrogen) atoms.